The number of rotatable bonds is 7. The summed E-state index contributed by atoms with van der Waals surface area (Å²) in [5.41, 5.74) is -0.659. The lowest BCUT2D eigenvalue weighted by Gasteiger charge is -2.42. The maximum atomic E-state index is 14.3. The number of hydrogen-bond donors (Lipinski definition) is 1. The summed E-state index contributed by atoms with van der Waals surface area (Å²) >= 11 is 0. The third-order valence-corrected chi connectivity index (χ3v) is 8.51. The van der Waals surface area contributed by atoms with Gasteiger partial charge in [0.2, 0.25) is 5.91 Å². The standard InChI is InChI=1S/C32H35F3N2O2.ClH.2H2O/c33-32(34,35)28-15-9-14-27(24-28)30(39)16-21-36(22-17-30)23-18-31(25-10-3-1-4-11-25,26-12-5-2-6-13-26)29(38)37-19-7-8-20-37;;;/h1-6,9-15,24,39H,7-8,16-23H2;1H;2*1H2. The zero-order valence-corrected chi connectivity index (χ0v) is 24.3. The summed E-state index contributed by atoms with van der Waals surface area (Å²) < 4.78 is 39.8. The van der Waals surface area contributed by atoms with Crippen molar-refractivity contribution in [2.24, 2.45) is 0 Å². The largest absolute Gasteiger partial charge is 0.416 e. The van der Waals surface area contributed by atoms with Gasteiger partial charge in [0.05, 0.1) is 11.2 Å². The number of carbonyl (C=O) groups is 1. The first kappa shape index (κ1) is 35.2. The van der Waals surface area contributed by atoms with Crippen LogP contribution < -0.4 is 0 Å². The van der Waals surface area contributed by atoms with Gasteiger partial charge >= 0.3 is 6.18 Å². The minimum Gasteiger partial charge on any atom is -0.412 e. The van der Waals surface area contributed by atoms with Crippen LogP contribution >= 0.6 is 12.4 Å². The molecule has 3 aromatic rings. The molecule has 2 aliphatic heterocycles. The van der Waals surface area contributed by atoms with Crippen molar-refractivity contribution in [3.63, 3.8) is 0 Å². The molecule has 2 heterocycles. The Hall–Kier alpha value is -2.95. The minimum absolute atomic E-state index is 0. The molecule has 5 N–H and O–H groups in total. The predicted molar refractivity (Wildman–Crippen MR) is 160 cm³/mol. The van der Waals surface area contributed by atoms with Gasteiger partial charge < -0.3 is 25.9 Å². The van der Waals surface area contributed by atoms with E-state index in [1.807, 2.05) is 65.6 Å². The zero-order chi connectivity index (χ0) is 27.5. The lowest BCUT2D eigenvalue weighted by molar-refractivity contribution is -0.138. The van der Waals surface area contributed by atoms with E-state index in [0.717, 1.165) is 49.2 Å². The zero-order valence-electron chi connectivity index (χ0n) is 23.4. The number of aliphatic hydroxyl groups is 1. The summed E-state index contributed by atoms with van der Waals surface area (Å²) in [5.74, 6) is 0.120. The number of nitrogens with zero attached hydrogens (tertiary/aromatic N) is 2. The van der Waals surface area contributed by atoms with Crippen LogP contribution in [0, 0.1) is 0 Å². The fourth-order valence-corrected chi connectivity index (χ4v) is 6.19. The first-order chi connectivity index (χ1) is 18.7. The summed E-state index contributed by atoms with van der Waals surface area (Å²) in [6.45, 7) is 3.21. The van der Waals surface area contributed by atoms with E-state index < -0.39 is 22.8 Å². The highest BCUT2D eigenvalue weighted by Crippen LogP contribution is 2.41. The van der Waals surface area contributed by atoms with Gasteiger partial charge in [0.1, 0.15) is 5.41 Å². The average Bonchev–Trinajstić information content (AvgIpc) is 3.50. The van der Waals surface area contributed by atoms with Gasteiger partial charge in [0, 0.05) is 26.2 Å². The van der Waals surface area contributed by atoms with Gasteiger partial charge in [-0.1, -0.05) is 72.8 Å². The molecule has 0 atom stereocenters. The van der Waals surface area contributed by atoms with E-state index in [2.05, 4.69) is 4.90 Å². The number of hydrogen-bond acceptors (Lipinski definition) is 3. The highest BCUT2D eigenvalue weighted by molar-refractivity contribution is 5.92. The maximum absolute atomic E-state index is 14.3. The van der Waals surface area contributed by atoms with E-state index in [0.29, 0.717) is 44.5 Å². The fourth-order valence-electron chi connectivity index (χ4n) is 6.19. The molecule has 2 saturated heterocycles. The van der Waals surface area contributed by atoms with Gasteiger partial charge in [-0.3, -0.25) is 4.79 Å². The molecule has 0 aliphatic carbocycles. The fraction of sp³-hybridized carbons (Fsp3) is 0.406. The summed E-state index contributed by atoms with van der Waals surface area (Å²) in [5, 5.41) is 11.3. The molecule has 1 amide bonds. The molecule has 0 radical (unpaired) electrons. The van der Waals surface area contributed by atoms with Crippen LogP contribution in [0.2, 0.25) is 0 Å². The van der Waals surface area contributed by atoms with E-state index in [4.69, 9.17) is 0 Å². The van der Waals surface area contributed by atoms with E-state index in [9.17, 15) is 23.1 Å². The summed E-state index contributed by atoms with van der Waals surface area (Å²) in [6, 6.07) is 25.0. The first-order valence-electron chi connectivity index (χ1n) is 13.8. The maximum Gasteiger partial charge on any atom is 0.416 e. The lowest BCUT2D eigenvalue weighted by atomic mass is 9.70. The molecule has 2 fully saturated rings. The topological polar surface area (TPSA) is 107 Å². The SMILES string of the molecule is Cl.O.O.O=C(N1CCCC1)C(CCN1CCC(O)(c2cccc(C(F)(F)F)c2)CC1)(c1ccccc1)c1ccccc1. The molecular formula is C32H40ClF3N2O4. The second-order valence-electron chi connectivity index (χ2n) is 10.8. The van der Waals surface area contributed by atoms with Crippen LogP contribution in [0.1, 0.15) is 54.4 Å². The van der Waals surface area contributed by atoms with Crippen LogP contribution in [-0.2, 0) is 22.0 Å². The second kappa shape index (κ2) is 14.5. The molecule has 0 aromatic heterocycles. The predicted octanol–water partition coefficient (Wildman–Crippen LogP) is 4.76. The molecule has 2 aliphatic rings. The quantitative estimate of drug-likeness (QED) is 0.418. The normalized spacial score (nSPS) is 17.0. The van der Waals surface area contributed by atoms with Crippen LogP contribution in [0.3, 0.4) is 0 Å². The number of likely N-dealkylation sites (tertiary alicyclic amines) is 2. The van der Waals surface area contributed by atoms with Crippen molar-refractivity contribution in [1.29, 1.82) is 0 Å². The molecule has 0 unspecified atom stereocenters. The van der Waals surface area contributed by atoms with Crippen LogP contribution in [0.4, 0.5) is 13.2 Å². The molecule has 3 aromatic carbocycles. The van der Waals surface area contributed by atoms with Gasteiger partial charge in [-0.15, -0.1) is 12.4 Å². The second-order valence-corrected chi connectivity index (χ2v) is 10.8. The van der Waals surface area contributed by atoms with Gasteiger partial charge in [0.15, 0.2) is 0 Å². The van der Waals surface area contributed by atoms with Gasteiger partial charge in [0.25, 0.3) is 0 Å². The molecule has 42 heavy (non-hydrogen) atoms. The highest BCUT2D eigenvalue weighted by Gasteiger charge is 2.45. The average molecular weight is 609 g/mol. The van der Waals surface area contributed by atoms with Gasteiger partial charge in [-0.2, -0.15) is 13.2 Å². The first-order valence-corrected chi connectivity index (χ1v) is 13.8. The van der Waals surface area contributed by atoms with Crippen molar-refractivity contribution in [3.05, 3.63) is 107 Å². The number of carbonyl (C=O) groups excluding carboxylic acids is 1. The molecule has 6 nitrogen and oxygen atoms in total. The van der Waals surface area contributed by atoms with Crippen molar-refractivity contribution in [1.82, 2.24) is 9.80 Å². The van der Waals surface area contributed by atoms with Crippen molar-refractivity contribution >= 4 is 18.3 Å². The summed E-state index contributed by atoms with van der Waals surface area (Å²) in [7, 11) is 0. The minimum atomic E-state index is -4.45. The highest BCUT2D eigenvalue weighted by atomic mass is 35.5. The van der Waals surface area contributed by atoms with Crippen molar-refractivity contribution in [2.75, 3.05) is 32.7 Å². The number of alkyl halides is 3. The molecule has 230 valence electrons. The molecule has 5 rings (SSSR count). The van der Waals surface area contributed by atoms with Crippen LogP contribution in [-0.4, -0.2) is 64.5 Å². The van der Waals surface area contributed by atoms with Crippen LogP contribution in [0.15, 0.2) is 84.9 Å². The Morgan fingerprint density at radius 1 is 0.762 bits per heavy atom. The van der Waals surface area contributed by atoms with Gasteiger partial charge in [-0.05, 0) is 67.5 Å². The Morgan fingerprint density at radius 2 is 1.26 bits per heavy atom. The Morgan fingerprint density at radius 3 is 1.76 bits per heavy atom. The molecular weight excluding hydrogens is 569 g/mol. The number of halogens is 4. The summed E-state index contributed by atoms with van der Waals surface area (Å²) in [6.07, 6.45) is -1.21. The number of amides is 1. The van der Waals surface area contributed by atoms with Crippen molar-refractivity contribution in [3.8, 4) is 0 Å². The van der Waals surface area contributed by atoms with Crippen molar-refractivity contribution in [2.45, 2.75) is 49.3 Å². The van der Waals surface area contributed by atoms with E-state index in [-0.39, 0.29) is 29.3 Å². The van der Waals surface area contributed by atoms with E-state index in [1.165, 1.54) is 6.07 Å². The Labute approximate surface area is 251 Å². The Kier molecular flexibility index (Phi) is 12.2. The van der Waals surface area contributed by atoms with Gasteiger partial charge in [-0.25, -0.2) is 0 Å². The monoisotopic (exact) mass is 608 g/mol. The molecule has 10 heteroatoms. The smallest absolute Gasteiger partial charge is 0.412 e. The van der Waals surface area contributed by atoms with E-state index in [1.54, 1.807) is 6.07 Å². The lowest BCUT2D eigenvalue weighted by Crippen LogP contribution is -2.50. The Balaban J connectivity index is 0.00000205. The van der Waals surface area contributed by atoms with Crippen molar-refractivity contribution < 1.29 is 34.0 Å². The molecule has 0 bridgehead atoms. The Bertz CT molecular complexity index is 1220. The number of piperidine rings is 1. The molecule has 0 spiro atoms. The summed E-state index contributed by atoms with van der Waals surface area (Å²) in [4.78, 5) is 18.5. The third-order valence-electron chi connectivity index (χ3n) is 8.51. The van der Waals surface area contributed by atoms with E-state index >= 15 is 0 Å². The van der Waals surface area contributed by atoms with Crippen LogP contribution in [0.5, 0.6) is 0 Å². The number of benzene rings is 3. The van der Waals surface area contributed by atoms with Crippen LogP contribution in [0.25, 0.3) is 0 Å². The third kappa shape index (κ3) is 7.15. The molecule has 0 saturated carbocycles.